The van der Waals surface area contributed by atoms with E-state index < -0.39 is 27.1 Å². The summed E-state index contributed by atoms with van der Waals surface area (Å²) in [6, 6.07) is 4.61. The van der Waals surface area contributed by atoms with Gasteiger partial charge in [0.1, 0.15) is 5.65 Å². The van der Waals surface area contributed by atoms with E-state index in [2.05, 4.69) is 10.1 Å². The van der Waals surface area contributed by atoms with Crippen molar-refractivity contribution in [1.82, 2.24) is 9.38 Å². The molecule has 0 amide bonds. The van der Waals surface area contributed by atoms with Crippen LogP contribution in [-0.4, -0.2) is 24.0 Å². The molecule has 0 aliphatic heterocycles. The Morgan fingerprint density at radius 3 is 2.50 bits per heavy atom. The Labute approximate surface area is 100 Å². The third kappa shape index (κ3) is 2.31. The zero-order valence-corrected chi connectivity index (χ0v) is 9.61. The molecule has 2 heterocycles. The molecule has 18 heavy (non-hydrogen) atoms. The molecule has 0 radical (unpaired) electrons. The first-order chi connectivity index (χ1) is 8.19. The Morgan fingerprint density at radius 2 is 2.00 bits per heavy atom. The summed E-state index contributed by atoms with van der Waals surface area (Å²) in [4.78, 5) is 3.63. The van der Waals surface area contributed by atoms with E-state index in [0.717, 1.165) is 6.20 Å². The zero-order valence-electron chi connectivity index (χ0n) is 8.79. The summed E-state index contributed by atoms with van der Waals surface area (Å²) in [6.45, 7) is 0. The smallest absolute Gasteiger partial charge is 0.307 e. The molecule has 0 aliphatic rings. The lowest BCUT2D eigenvalue weighted by molar-refractivity contribution is -0.132. The first-order valence-electron chi connectivity index (χ1n) is 4.71. The van der Waals surface area contributed by atoms with E-state index in [0.29, 0.717) is 0 Å². The molecule has 0 saturated heterocycles. The number of sulfonamides is 1. The molecule has 0 bridgehead atoms. The van der Waals surface area contributed by atoms with Crippen LogP contribution in [0, 0.1) is 0 Å². The van der Waals surface area contributed by atoms with Crippen LogP contribution in [0.15, 0.2) is 30.6 Å². The van der Waals surface area contributed by atoms with Crippen molar-refractivity contribution >= 4 is 15.7 Å². The van der Waals surface area contributed by atoms with Crippen LogP contribution in [-0.2, 0) is 10.0 Å². The van der Waals surface area contributed by atoms with E-state index >= 15 is 0 Å². The van der Waals surface area contributed by atoms with Gasteiger partial charge in [0.2, 0.25) is 15.3 Å². The predicted molar refractivity (Wildman–Crippen MR) is 57.1 cm³/mol. The molecule has 0 aliphatic carbocycles. The molecule has 9 heteroatoms. The summed E-state index contributed by atoms with van der Waals surface area (Å²) in [6.07, 6.45) is -2.55. The van der Waals surface area contributed by atoms with Crippen molar-refractivity contribution in [1.29, 1.82) is 0 Å². The topological polar surface area (TPSA) is 77.5 Å². The SMILES string of the molecule is NS(=O)(=O)C(c1cn2ccccc2n1)C(F)(F)F. The normalized spacial score (nSPS) is 14.9. The van der Waals surface area contributed by atoms with Crippen molar-refractivity contribution in [3.05, 3.63) is 36.3 Å². The molecular weight excluding hydrogens is 271 g/mol. The van der Waals surface area contributed by atoms with Gasteiger partial charge in [-0.1, -0.05) is 6.07 Å². The fourth-order valence-electron chi connectivity index (χ4n) is 1.60. The second-order valence-corrected chi connectivity index (χ2v) is 5.29. The number of rotatable bonds is 2. The highest BCUT2D eigenvalue weighted by molar-refractivity contribution is 7.89. The summed E-state index contributed by atoms with van der Waals surface area (Å²) >= 11 is 0. The van der Waals surface area contributed by atoms with Gasteiger partial charge in [0.05, 0.1) is 5.69 Å². The van der Waals surface area contributed by atoms with E-state index in [1.165, 1.54) is 16.7 Å². The fourth-order valence-corrected chi connectivity index (χ4v) is 2.43. The predicted octanol–water partition coefficient (Wildman–Crippen LogP) is 1.23. The number of hydrogen-bond acceptors (Lipinski definition) is 3. The number of halogens is 3. The maximum Gasteiger partial charge on any atom is 0.412 e. The number of primary sulfonamides is 1. The Morgan fingerprint density at radius 1 is 1.33 bits per heavy atom. The number of aromatic nitrogens is 2. The van der Waals surface area contributed by atoms with Crippen LogP contribution in [0.1, 0.15) is 10.9 Å². The number of fused-ring (bicyclic) bond motifs is 1. The maximum absolute atomic E-state index is 12.7. The van der Waals surface area contributed by atoms with Gasteiger partial charge in [0, 0.05) is 12.4 Å². The van der Waals surface area contributed by atoms with Gasteiger partial charge in [-0.25, -0.2) is 18.5 Å². The van der Waals surface area contributed by atoms with Crippen molar-refractivity contribution < 1.29 is 21.6 Å². The summed E-state index contributed by atoms with van der Waals surface area (Å²) in [5.74, 6) is 0. The Hall–Kier alpha value is -1.61. The fraction of sp³-hybridized carbons (Fsp3) is 0.222. The van der Waals surface area contributed by atoms with E-state index in [9.17, 15) is 21.6 Å². The van der Waals surface area contributed by atoms with Crippen molar-refractivity contribution in [2.45, 2.75) is 11.4 Å². The average molecular weight is 279 g/mol. The van der Waals surface area contributed by atoms with Gasteiger partial charge < -0.3 is 4.40 Å². The van der Waals surface area contributed by atoms with Crippen LogP contribution < -0.4 is 5.14 Å². The molecule has 0 aromatic carbocycles. The van der Waals surface area contributed by atoms with Crippen molar-refractivity contribution in [3.8, 4) is 0 Å². The molecule has 2 N–H and O–H groups in total. The summed E-state index contributed by atoms with van der Waals surface area (Å²) < 4.78 is 61.6. The maximum atomic E-state index is 12.7. The van der Waals surface area contributed by atoms with E-state index in [4.69, 9.17) is 0 Å². The quantitative estimate of drug-likeness (QED) is 0.898. The van der Waals surface area contributed by atoms with Crippen LogP contribution in [0.2, 0.25) is 0 Å². The number of imidazole rings is 1. The van der Waals surface area contributed by atoms with Gasteiger partial charge in [-0.3, -0.25) is 0 Å². The lowest BCUT2D eigenvalue weighted by Gasteiger charge is -2.15. The van der Waals surface area contributed by atoms with Crippen LogP contribution in [0.5, 0.6) is 0 Å². The lowest BCUT2D eigenvalue weighted by Crippen LogP contribution is -2.33. The summed E-state index contributed by atoms with van der Waals surface area (Å²) in [5, 5.41) is 1.81. The number of alkyl halides is 3. The molecule has 2 aromatic rings. The molecule has 0 fully saturated rings. The number of nitrogens with zero attached hydrogens (tertiary/aromatic N) is 2. The molecule has 5 nitrogen and oxygen atoms in total. The minimum Gasteiger partial charge on any atom is -0.307 e. The van der Waals surface area contributed by atoms with Gasteiger partial charge in [-0.05, 0) is 12.1 Å². The third-order valence-corrected chi connectivity index (χ3v) is 3.44. The second kappa shape index (κ2) is 3.95. The van der Waals surface area contributed by atoms with Gasteiger partial charge in [0.15, 0.2) is 0 Å². The third-order valence-electron chi connectivity index (χ3n) is 2.28. The largest absolute Gasteiger partial charge is 0.412 e. The van der Waals surface area contributed by atoms with Crippen LogP contribution in [0.3, 0.4) is 0 Å². The summed E-state index contributed by atoms with van der Waals surface area (Å²) in [7, 11) is -4.82. The first-order valence-corrected chi connectivity index (χ1v) is 6.32. The van der Waals surface area contributed by atoms with Crippen LogP contribution in [0.25, 0.3) is 5.65 Å². The minimum absolute atomic E-state index is 0.213. The summed E-state index contributed by atoms with van der Waals surface area (Å²) in [5.41, 5.74) is -0.429. The molecule has 0 spiro atoms. The monoisotopic (exact) mass is 279 g/mol. The highest BCUT2D eigenvalue weighted by atomic mass is 32.2. The molecular formula is C9H8F3N3O2S. The van der Waals surface area contributed by atoms with Gasteiger partial charge in [-0.2, -0.15) is 13.2 Å². The van der Waals surface area contributed by atoms with E-state index in [-0.39, 0.29) is 5.65 Å². The Balaban J connectivity index is 2.63. The zero-order chi connectivity index (χ0) is 13.6. The Kier molecular flexibility index (Phi) is 2.82. The van der Waals surface area contributed by atoms with Crippen LogP contribution >= 0.6 is 0 Å². The van der Waals surface area contributed by atoms with Crippen molar-refractivity contribution in [3.63, 3.8) is 0 Å². The van der Waals surface area contributed by atoms with Gasteiger partial charge >= 0.3 is 6.18 Å². The second-order valence-electron chi connectivity index (χ2n) is 3.64. The number of hydrogen-bond donors (Lipinski definition) is 1. The molecule has 2 aromatic heterocycles. The van der Waals surface area contributed by atoms with Gasteiger partial charge in [-0.15, -0.1) is 0 Å². The molecule has 0 saturated carbocycles. The minimum atomic E-state index is -5.01. The van der Waals surface area contributed by atoms with Crippen LogP contribution in [0.4, 0.5) is 13.2 Å². The Bertz CT molecular complexity index is 645. The molecule has 2 rings (SSSR count). The van der Waals surface area contributed by atoms with Gasteiger partial charge in [0.25, 0.3) is 0 Å². The first kappa shape index (κ1) is 12.8. The van der Waals surface area contributed by atoms with E-state index in [1.807, 2.05) is 0 Å². The van der Waals surface area contributed by atoms with Crippen molar-refractivity contribution in [2.24, 2.45) is 5.14 Å². The molecule has 98 valence electrons. The lowest BCUT2D eigenvalue weighted by atomic mass is 10.3. The number of nitrogens with two attached hydrogens (primary N) is 1. The number of pyridine rings is 1. The highest BCUT2D eigenvalue weighted by Crippen LogP contribution is 2.37. The standard InChI is InChI=1S/C9H8F3N3O2S/c10-9(11,12)8(18(13,16)17)6-5-15-4-2-1-3-7(15)14-6/h1-5,8H,(H2,13,16,17). The average Bonchev–Trinajstić information content (AvgIpc) is 2.54. The molecule has 1 atom stereocenters. The highest BCUT2D eigenvalue weighted by Gasteiger charge is 2.50. The van der Waals surface area contributed by atoms with Crippen molar-refractivity contribution in [2.75, 3.05) is 0 Å². The van der Waals surface area contributed by atoms with E-state index in [1.54, 1.807) is 12.1 Å². The molecule has 1 unspecified atom stereocenters.